The molecule has 0 aliphatic carbocycles. The topological polar surface area (TPSA) is 137 Å². The maximum atomic E-state index is 12.9. The normalized spacial score (nSPS) is 14.9. The summed E-state index contributed by atoms with van der Waals surface area (Å²) in [5.41, 5.74) is 3.87. The van der Waals surface area contributed by atoms with Gasteiger partial charge in [-0.25, -0.2) is 13.4 Å². The Balaban J connectivity index is 1.14. The maximum absolute atomic E-state index is 12.9. The monoisotopic (exact) mass is 558 g/mol. The molecule has 1 fully saturated rings. The van der Waals surface area contributed by atoms with E-state index in [-0.39, 0.29) is 29.7 Å². The van der Waals surface area contributed by atoms with Gasteiger partial charge in [-0.3, -0.25) is 19.6 Å². The fourth-order valence-corrected chi connectivity index (χ4v) is 5.67. The predicted octanol–water partition coefficient (Wildman–Crippen LogP) is 2.81. The van der Waals surface area contributed by atoms with Crippen LogP contribution in [0.1, 0.15) is 27.3 Å². The number of hydrogen-bond acceptors (Lipinski definition) is 7. The molecule has 1 saturated heterocycles. The van der Waals surface area contributed by atoms with Crippen LogP contribution >= 0.6 is 0 Å². The Morgan fingerprint density at radius 3 is 2.38 bits per heavy atom. The summed E-state index contributed by atoms with van der Waals surface area (Å²) in [5.74, 6) is 0.867. The molecule has 1 aromatic heterocycles. The van der Waals surface area contributed by atoms with E-state index in [0.29, 0.717) is 49.1 Å². The molecule has 0 saturated carbocycles. The van der Waals surface area contributed by atoms with Crippen LogP contribution in [0.25, 0.3) is 11.4 Å². The van der Waals surface area contributed by atoms with Gasteiger partial charge < -0.3 is 10.6 Å². The van der Waals surface area contributed by atoms with Crippen molar-refractivity contribution in [3.8, 4) is 11.4 Å². The van der Waals surface area contributed by atoms with Crippen LogP contribution in [0.3, 0.4) is 0 Å². The quantitative estimate of drug-likeness (QED) is 0.287. The zero-order valence-electron chi connectivity index (χ0n) is 21.8. The number of amides is 2. The van der Waals surface area contributed by atoms with Crippen molar-refractivity contribution in [1.29, 1.82) is 0 Å². The molecule has 1 aliphatic heterocycles. The first-order valence-electron chi connectivity index (χ1n) is 13.0. The van der Waals surface area contributed by atoms with Gasteiger partial charge in [0.15, 0.2) is 15.7 Å². The molecule has 2 heterocycles. The molecule has 0 bridgehead atoms. The summed E-state index contributed by atoms with van der Waals surface area (Å²) < 4.78 is 23.3. The van der Waals surface area contributed by atoms with E-state index in [0.717, 1.165) is 16.7 Å². The van der Waals surface area contributed by atoms with Gasteiger partial charge in [0.25, 0.3) is 5.91 Å². The summed E-state index contributed by atoms with van der Waals surface area (Å²) in [6, 6.07) is 24.2. The van der Waals surface area contributed by atoms with Crippen LogP contribution in [0, 0.1) is 0 Å². The van der Waals surface area contributed by atoms with Gasteiger partial charge in [-0.05, 0) is 47.5 Å². The van der Waals surface area contributed by atoms with Crippen molar-refractivity contribution in [3.63, 3.8) is 0 Å². The van der Waals surface area contributed by atoms with E-state index in [2.05, 4.69) is 30.7 Å². The molecule has 1 aliphatic rings. The molecule has 0 unspecified atom stereocenters. The molecule has 0 spiro atoms. The number of H-pyrrole nitrogens is 1. The van der Waals surface area contributed by atoms with Gasteiger partial charge in [-0.2, -0.15) is 5.10 Å². The SMILES string of the molecule is O=C(Cc1nc(-c2ccc(NC(=O)c3cccc(CN4CCS(=O)(=O)CC4)c3)cc2)n[nH]1)NCc1ccccc1. The molecule has 3 aromatic carbocycles. The van der Waals surface area contributed by atoms with Crippen molar-refractivity contribution in [2.75, 3.05) is 29.9 Å². The molecule has 3 N–H and O–H groups in total. The van der Waals surface area contributed by atoms with E-state index >= 15 is 0 Å². The second kappa shape index (κ2) is 12.2. The fraction of sp³-hybridized carbons (Fsp3) is 0.241. The predicted molar refractivity (Wildman–Crippen MR) is 152 cm³/mol. The van der Waals surface area contributed by atoms with Gasteiger partial charge >= 0.3 is 0 Å². The maximum Gasteiger partial charge on any atom is 0.255 e. The Labute approximate surface area is 232 Å². The third-order valence-electron chi connectivity index (χ3n) is 6.63. The first kappa shape index (κ1) is 27.2. The van der Waals surface area contributed by atoms with Crippen molar-refractivity contribution in [2.24, 2.45) is 0 Å². The summed E-state index contributed by atoms with van der Waals surface area (Å²) in [6.07, 6.45) is 0.0872. The van der Waals surface area contributed by atoms with Gasteiger partial charge in [-0.1, -0.05) is 42.5 Å². The number of benzene rings is 3. The van der Waals surface area contributed by atoms with Crippen LogP contribution in [0.15, 0.2) is 78.9 Å². The molecule has 5 rings (SSSR count). The average Bonchev–Trinajstić information content (AvgIpc) is 3.42. The Morgan fingerprint density at radius 2 is 1.62 bits per heavy atom. The highest BCUT2D eigenvalue weighted by atomic mass is 32.2. The third kappa shape index (κ3) is 7.39. The number of nitrogens with zero attached hydrogens (tertiary/aromatic N) is 3. The lowest BCUT2D eigenvalue weighted by Crippen LogP contribution is -2.39. The fourth-order valence-electron chi connectivity index (χ4n) is 4.40. The third-order valence-corrected chi connectivity index (χ3v) is 8.23. The smallest absolute Gasteiger partial charge is 0.255 e. The van der Waals surface area contributed by atoms with Crippen LogP contribution in [0.2, 0.25) is 0 Å². The van der Waals surface area contributed by atoms with Crippen LogP contribution < -0.4 is 10.6 Å². The zero-order chi connectivity index (χ0) is 28.0. The van der Waals surface area contributed by atoms with Gasteiger partial charge in [0.1, 0.15) is 5.82 Å². The lowest BCUT2D eigenvalue weighted by molar-refractivity contribution is -0.120. The van der Waals surface area contributed by atoms with Crippen LogP contribution in [-0.2, 0) is 34.1 Å². The minimum Gasteiger partial charge on any atom is -0.352 e. The number of hydrogen-bond donors (Lipinski definition) is 3. The number of carbonyl (C=O) groups is 2. The van der Waals surface area contributed by atoms with Crippen LogP contribution in [0.5, 0.6) is 0 Å². The summed E-state index contributed by atoms with van der Waals surface area (Å²) in [7, 11) is -2.93. The highest BCUT2D eigenvalue weighted by Crippen LogP contribution is 2.19. The van der Waals surface area contributed by atoms with E-state index in [9.17, 15) is 18.0 Å². The molecule has 2 amide bonds. The standard InChI is InChI=1S/C29H30N6O4S/c36-27(30-19-21-5-2-1-3-6-21)18-26-32-28(34-33-26)23-9-11-25(12-10-23)31-29(37)24-8-4-7-22(17-24)20-35-13-15-40(38,39)16-14-35/h1-12,17H,13-16,18-20H2,(H,30,36)(H,31,37)(H,32,33,34). The Hall–Kier alpha value is -4.35. The highest BCUT2D eigenvalue weighted by Gasteiger charge is 2.21. The van der Waals surface area contributed by atoms with E-state index in [4.69, 9.17) is 0 Å². The summed E-state index contributed by atoms with van der Waals surface area (Å²) in [6.45, 7) is 2.04. The molecule has 4 aromatic rings. The minimum absolute atomic E-state index is 0.0872. The number of aromatic nitrogens is 3. The number of carbonyl (C=O) groups excluding carboxylic acids is 2. The van der Waals surface area contributed by atoms with E-state index in [1.54, 1.807) is 30.3 Å². The Bertz CT molecular complexity index is 1570. The van der Waals surface area contributed by atoms with E-state index < -0.39 is 9.84 Å². The lowest BCUT2D eigenvalue weighted by atomic mass is 10.1. The van der Waals surface area contributed by atoms with E-state index in [1.165, 1.54) is 0 Å². The highest BCUT2D eigenvalue weighted by molar-refractivity contribution is 7.91. The summed E-state index contributed by atoms with van der Waals surface area (Å²) in [5, 5.41) is 12.8. The van der Waals surface area contributed by atoms with E-state index in [1.807, 2.05) is 48.5 Å². The molecular formula is C29H30N6O4S. The van der Waals surface area contributed by atoms with Gasteiger partial charge in [-0.15, -0.1) is 0 Å². The van der Waals surface area contributed by atoms with Crippen molar-refractivity contribution < 1.29 is 18.0 Å². The van der Waals surface area contributed by atoms with Gasteiger partial charge in [0.05, 0.1) is 17.9 Å². The van der Waals surface area contributed by atoms with Crippen molar-refractivity contribution >= 4 is 27.3 Å². The van der Waals surface area contributed by atoms with Crippen molar-refractivity contribution in [1.82, 2.24) is 25.4 Å². The number of aromatic amines is 1. The average molecular weight is 559 g/mol. The summed E-state index contributed by atoms with van der Waals surface area (Å²) in [4.78, 5) is 31.7. The Morgan fingerprint density at radius 1 is 0.900 bits per heavy atom. The number of anilines is 1. The minimum atomic E-state index is -2.93. The van der Waals surface area contributed by atoms with Gasteiger partial charge in [0.2, 0.25) is 5.91 Å². The summed E-state index contributed by atoms with van der Waals surface area (Å²) >= 11 is 0. The molecule has 11 heteroatoms. The van der Waals surface area contributed by atoms with Crippen molar-refractivity contribution in [3.05, 3.63) is 101 Å². The number of rotatable bonds is 9. The molecule has 10 nitrogen and oxygen atoms in total. The molecule has 206 valence electrons. The van der Waals surface area contributed by atoms with Crippen LogP contribution in [0.4, 0.5) is 5.69 Å². The molecular weight excluding hydrogens is 528 g/mol. The first-order chi connectivity index (χ1) is 19.3. The first-order valence-corrected chi connectivity index (χ1v) is 14.8. The second-order valence-corrected chi connectivity index (χ2v) is 12.0. The second-order valence-electron chi connectivity index (χ2n) is 9.70. The van der Waals surface area contributed by atoms with Gasteiger partial charge in [0, 0.05) is 43.0 Å². The zero-order valence-corrected chi connectivity index (χ0v) is 22.7. The molecule has 0 atom stereocenters. The largest absolute Gasteiger partial charge is 0.352 e. The lowest BCUT2D eigenvalue weighted by Gasteiger charge is -2.26. The van der Waals surface area contributed by atoms with Crippen molar-refractivity contribution in [2.45, 2.75) is 19.5 Å². The number of sulfone groups is 1. The van der Waals surface area contributed by atoms with Crippen LogP contribution in [-0.4, -0.2) is 64.9 Å². The Kier molecular flexibility index (Phi) is 8.32. The molecule has 40 heavy (non-hydrogen) atoms. The number of nitrogens with one attached hydrogen (secondary N) is 3. The molecule has 0 radical (unpaired) electrons.